The lowest BCUT2D eigenvalue weighted by Crippen LogP contribution is -2.66. The molecule has 4 saturated heterocycles. The highest BCUT2D eigenvalue weighted by Gasteiger charge is 2.55. The lowest BCUT2D eigenvalue weighted by molar-refractivity contribution is -0.171. The Balaban J connectivity index is 0.815. The van der Waals surface area contributed by atoms with Gasteiger partial charge in [-0.05, 0) is 90.5 Å². The molecule has 1 aromatic heterocycles. The van der Waals surface area contributed by atoms with E-state index in [-0.39, 0.29) is 60.3 Å². The molecule has 0 spiro atoms. The molecule has 12 nitrogen and oxygen atoms in total. The number of benzene rings is 4. The number of esters is 1. The number of rotatable bonds is 12. The fourth-order valence-corrected chi connectivity index (χ4v) is 8.25. The van der Waals surface area contributed by atoms with Crippen molar-refractivity contribution < 1.29 is 29.3 Å². The van der Waals surface area contributed by atoms with Crippen molar-refractivity contribution in [1.82, 2.24) is 25.4 Å². The quantitative estimate of drug-likeness (QED) is 0.118. The summed E-state index contributed by atoms with van der Waals surface area (Å²) in [6.45, 7) is 4.42. The number of ether oxygens (including phenoxy) is 1. The van der Waals surface area contributed by atoms with Crippen LogP contribution in [0.2, 0.25) is 0 Å². The number of aromatic amines is 1. The summed E-state index contributed by atoms with van der Waals surface area (Å²) in [6.07, 6.45) is 1.11. The van der Waals surface area contributed by atoms with Crippen LogP contribution in [0.4, 0.5) is 0 Å². The number of aromatic hydroxyl groups is 1. The fourth-order valence-electron chi connectivity index (χ4n) is 8.25. The second-order valence-corrected chi connectivity index (χ2v) is 15.2. The third-order valence-electron chi connectivity index (χ3n) is 11.6. The lowest BCUT2D eigenvalue weighted by atomic mass is 9.73. The predicted molar refractivity (Wildman–Crippen MR) is 210 cm³/mol. The van der Waals surface area contributed by atoms with Crippen molar-refractivity contribution in [1.29, 1.82) is 0 Å². The molecule has 2 atom stereocenters. The molecule has 4 aliphatic heterocycles. The van der Waals surface area contributed by atoms with Gasteiger partial charge >= 0.3 is 5.97 Å². The van der Waals surface area contributed by atoms with E-state index in [0.717, 1.165) is 49.2 Å². The van der Waals surface area contributed by atoms with E-state index in [9.17, 15) is 29.4 Å². The van der Waals surface area contributed by atoms with Gasteiger partial charge in [-0.2, -0.15) is 0 Å². The monoisotopic (exact) mass is 755 g/mol. The summed E-state index contributed by atoms with van der Waals surface area (Å²) in [7, 11) is 0. The minimum absolute atomic E-state index is 0.0584. The Morgan fingerprint density at radius 2 is 1.52 bits per heavy atom. The van der Waals surface area contributed by atoms with E-state index in [4.69, 9.17) is 4.74 Å². The van der Waals surface area contributed by atoms with E-state index in [1.54, 1.807) is 41.3 Å². The Morgan fingerprint density at radius 3 is 2.20 bits per heavy atom. The number of aliphatic hydroxyl groups excluding tert-OH is 1. The van der Waals surface area contributed by atoms with Gasteiger partial charge in [-0.1, -0.05) is 60.7 Å². The number of hydrogen-bond donors (Lipinski definition) is 5. The van der Waals surface area contributed by atoms with Crippen LogP contribution in [-0.4, -0.2) is 88.2 Å². The second kappa shape index (κ2) is 15.7. The minimum atomic E-state index is -0.908. The summed E-state index contributed by atoms with van der Waals surface area (Å²) >= 11 is 0. The van der Waals surface area contributed by atoms with Crippen molar-refractivity contribution in [2.75, 3.05) is 39.3 Å². The molecule has 2 amide bonds. The van der Waals surface area contributed by atoms with E-state index in [1.807, 2.05) is 54.6 Å². The van der Waals surface area contributed by atoms with Gasteiger partial charge in [0.2, 0.25) is 5.56 Å². The molecule has 4 aliphatic rings. The van der Waals surface area contributed by atoms with Crippen molar-refractivity contribution in [2.45, 2.75) is 43.6 Å². The number of aromatic nitrogens is 1. The number of likely N-dealkylation sites (tertiary alicyclic amines) is 1. The highest BCUT2D eigenvalue weighted by atomic mass is 16.5. The van der Waals surface area contributed by atoms with Crippen molar-refractivity contribution in [3.8, 4) is 5.75 Å². The maximum absolute atomic E-state index is 13.8. The first-order valence-electron chi connectivity index (χ1n) is 19.1. The number of nitrogens with one attached hydrogen (secondary N) is 3. The van der Waals surface area contributed by atoms with Gasteiger partial charge in [0.15, 0.2) is 0 Å². The topological polar surface area (TPSA) is 164 Å². The van der Waals surface area contributed by atoms with Crippen LogP contribution < -0.4 is 16.2 Å². The molecule has 0 radical (unpaired) electrons. The van der Waals surface area contributed by atoms with E-state index >= 15 is 0 Å². The van der Waals surface area contributed by atoms with Gasteiger partial charge in [0.1, 0.15) is 17.3 Å². The van der Waals surface area contributed by atoms with Gasteiger partial charge < -0.3 is 35.5 Å². The number of hydrogen-bond acceptors (Lipinski definition) is 9. The Kier molecular flexibility index (Phi) is 10.4. The molecule has 0 aliphatic carbocycles. The average Bonchev–Trinajstić information content (AvgIpc) is 3.21. The molecule has 5 N–H and O–H groups in total. The largest absolute Gasteiger partial charge is 0.506 e. The number of aliphatic hydroxyl groups is 1. The van der Waals surface area contributed by atoms with Crippen LogP contribution in [-0.2, 0) is 28.0 Å². The number of piperidine rings is 3. The van der Waals surface area contributed by atoms with E-state index in [0.29, 0.717) is 41.1 Å². The van der Waals surface area contributed by atoms with E-state index in [2.05, 4.69) is 20.5 Å². The molecular weight excluding hydrogens is 711 g/mol. The third kappa shape index (κ3) is 7.55. The van der Waals surface area contributed by atoms with Crippen LogP contribution in [0.25, 0.3) is 10.9 Å². The first-order chi connectivity index (χ1) is 27.2. The zero-order valence-corrected chi connectivity index (χ0v) is 30.9. The highest BCUT2D eigenvalue weighted by Crippen LogP contribution is 2.39. The molecule has 0 saturated carbocycles. The number of amides is 2. The molecule has 5 aromatic rings. The van der Waals surface area contributed by atoms with Crippen LogP contribution in [0.15, 0.2) is 108 Å². The molecule has 9 rings (SSSR count). The summed E-state index contributed by atoms with van der Waals surface area (Å²) < 4.78 is 6.19. The molecule has 56 heavy (non-hydrogen) atoms. The Labute approximate surface area is 324 Å². The van der Waals surface area contributed by atoms with Crippen LogP contribution in [0, 0.1) is 5.92 Å². The number of pyridine rings is 1. The zero-order chi connectivity index (χ0) is 38.8. The van der Waals surface area contributed by atoms with E-state index in [1.165, 1.54) is 12.1 Å². The zero-order valence-electron chi connectivity index (χ0n) is 30.9. The summed E-state index contributed by atoms with van der Waals surface area (Å²) in [5, 5.41) is 27.7. The first kappa shape index (κ1) is 37.1. The number of phenolic OH excluding ortho intramolecular Hbond substituents is 1. The minimum Gasteiger partial charge on any atom is -0.506 e. The van der Waals surface area contributed by atoms with Gasteiger partial charge in [0.25, 0.3) is 11.8 Å². The van der Waals surface area contributed by atoms with Crippen LogP contribution in [0.3, 0.4) is 0 Å². The summed E-state index contributed by atoms with van der Waals surface area (Å²) in [4.78, 5) is 58.7. The van der Waals surface area contributed by atoms with Gasteiger partial charge in [-0.25, -0.2) is 0 Å². The van der Waals surface area contributed by atoms with Gasteiger partial charge in [0.05, 0.1) is 11.6 Å². The maximum atomic E-state index is 13.8. The number of fused-ring (bicyclic) bond motifs is 4. The van der Waals surface area contributed by atoms with Crippen molar-refractivity contribution in [3.63, 3.8) is 0 Å². The number of carbonyl (C=O) groups excluding carboxylic acids is 3. The Hall–Kier alpha value is -5.82. The number of H-pyrrole nitrogens is 1. The average molecular weight is 756 g/mol. The standard InChI is InChI=1S/C44H45N5O7/c50-36-16-14-34(35-15-17-39(52)47-40(35)36)37(51)24-45-22-28-6-8-29(9-7-28)23-46-41(53)31-10-12-32(13-11-31)42(54)49-26-44(27-49,33-4-2-1-3-5-33)43(55)56-38-25-48-20-18-30(38)19-21-48/h1-17,30,37-38,45,50-51H,18-27H2,(H,46,53)(H,47,52)/t37-,38-/m0/s1. The Bertz CT molecular complexity index is 2280. The fraction of sp³-hybridized carbons (Fsp3) is 0.318. The molecule has 288 valence electrons. The number of phenols is 1. The van der Waals surface area contributed by atoms with Crippen molar-refractivity contribution >= 4 is 28.7 Å². The number of carbonyl (C=O) groups is 3. The van der Waals surface area contributed by atoms with Crippen LogP contribution in [0.1, 0.15) is 61.9 Å². The molecular formula is C44H45N5O7. The van der Waals surface area contributed by atoms with Crippen molar-refractivity contribution in [2.24, 2.45) is 5.92 Å². The normalized spacial score (nSPS) is 20.2. The SMILES string of the molecule is O=C(NCc1ccc(CNC[C@H](O)c2ccc(O)c3[nH]c(=O)ccc23)cc1)c1ccc(C(=O)N2CC(C(=O)O[C@H]3CN4CCC3CC4)(c3ccccc3)C2)cc1. The maximum Gasteiger partial charge on any atom is 0.320 e. The summed E-state index contributed by atoms with van der Waals surface area (Å²) in [6, 6.07) is 29.9. The highest BCUT2D eigenvalue weighted by molar-refractivity contribution is 5.99. The molecule has 2 bridgehead atoms. The molecule has 5 heterocycles. The molecule has 4 fully saturated rings. The second-order valence-electron chi connectivity index (χ2n) is 15.2. The first-order valence-corrected chi connectivity index (χ1v) is 19.1. The lowest BCUT2D eigenvalue weighted by Gasteiger charge is -2.50. The molecule has 0 unspecified atom stereocenters. The smallest absolute Gasteiger partial charge is 0.320 e. The van der Waals surface area contributed by atoms with E-state index < -0.39 is 11.5 Å². The predicted octanol–water partition coefficient (Wildman–Crippen LogP) is 4.02. The van der Waals surface area contributed by atoms with Crippen LogP contribution >= 0.6 is 0 Å². The molecule has 12 heteroatoms. The van der Waals surface area contributed by atoms with Gasteiger partial charge in [-0.15, -0.1) is 0 Å². The summed E-state index contributed by atoms with van der Waals surface area (Å²) in [5.41, 5.74) is 3.26. The van der Waals surface area contributed by atoms with Crippen molar-refractivity contribution in [3.05, 3.63) is 147 Å². The van der Waals surface area contributed by atoms with Gasteiger partial charge in [0, 0.05) is 61.8 Å². The third-order valence-corrected chi connectivity index (χ3v) is 11.6. The summed E-state index contributed by atoms with van der Waals surface area (Å²) in [5.74, 6) is -0.394. The Morgan fingerprint density at radius 1 is 0.839 bits per heavy atom. The number of nitrogens with zero attached hydrogens (tertiary/aromatic N) is 2. The van der Waals surface area contributed by atoms with Crippen LogP contribution in [0.5, 0.6) is 5.75 Å². The van der Waals surface area contributed by atoms with Gasteiger partial charge in [-0.3, -0.25) is 24.1 Å². The molecule has 4 aromatic carbocycles.